The van der Waals surface area contributed by atoms with Gasteiger partial charge in [0.1, 0.15) is 6.04 Å². The number of rotatable bonds is 5. The van der Waals surface area contributed by atoms with E-state index in [9.17, 15) is 22.0 Å². The van der Waals surface area contributed by atoms with E-state index in [4.69, 9.17) is 0 Å². The van der Waals surface area contributed by atoms with Crippen LogP contribution in [0.5, 0.6) is 0 Å². The lowest BCUT2D eigenvalue weighted by Crippen LogP contribution is -2.45. The number of nitrogens with one attached hydrogen (secondary N) is 1. The Morgan fingerprint density at radius 1 is 1.08 bits per heavy atom. The predicted molar refractivity (Wildman–Crippen MR) is 97.7 cm³/mol. The maximum absolute atomic E-state index is 13.3. The third kappa shape index (κ3) is 4.37. The zero-order valence-corrected chi connectivity index (χ0v) is 15.7. The molecule has 0 saturated carbocycles. The van der Waals surface area contributed by atoms with Gasteiger partial charge in [-0.3, -0.25) is 9.10 Å². The number of benzene rings is 2. The van der Waals surface area contributed by atoms with Crippen LogP contribution in [0.4, 0.5) is 20.2 Å². The molecule has 2 aromatic carbocycles. The summed E-state index contributed by atoms with van der Waals surface area (Å²) >= 11 is 0. The average Bonchev–Trinajstić information content (AvgIpc) is 2.53. The van der Waals surface area contributed by atoms with Crippen LogP contribution in [0, 0.1) is 25.5 Å². The molecular weight excluding hydrogens is 362 g/mol. The maximum atomic E-state index is 13.3. The molecule has 140 valence electrons. The first kappa shape index (κ1) is 19.8. The number of nitrogens with zero attached hydrogens (tertiary/aromatic N) is 1. The van der Waals surface area contributed by atoms with Crippen molar-refractivity contribution >= 4 is 27.3 Å². The van der Waals surface area contributed by atoms with Gasteiger partial charge in [0, 0.05) is 11.8 Å². The fourth-order valence-electron chi connectivity index (χ4n) is 2.56. The predicted octanol–water partition coefficient (Wildman–Crippen LogP) is 3.37. The summed E-state index contributed by atoms with van der Waals surface area (Å²) < 4.78 is 52.0. The molecule has 2 rings (SSSR count). The summed E-state index contributed by atoms with van der Waals surface area (Å²) in [5, 5.41) is 2.41. The quantitative estimate of drug-likeness (QED) is 0.862. The van der Waals surface area contributed by atoms with E-state index in [1.807, 2.05) is 13.0 Å². The molecule has 0 unspecified atom stereocenters. The highest BCUT2D eigenvalue weighted by atomic mass is 32.2. The van der Waals surface area contributed by atoms with Crippen molar-refractivity contribution in [3.8, 4) is 0 Å². The number of halogens is 2. The fourth-order valence-corrected chi connectivity index (χ4v) is 3.78. The number of anilines is 2. The molecule has 8 heteroatoms. The molecule has 1 atom stereocenters. The molecule has 26 heavy (non-hydrogen) atoms. The molecule has 0 aromatic heterocycles. The molecule has 0 fully saturated rings. The first-order chi connectivity index (χ1) is 12.0. The third-order valence-electron chi connectivity index (χ3n) is 3.88. The van der Waals surface area contributed by atoms with Crippen molar-refractivity contribution in [1.29, 1.82) is 0 Å². The summed E-state index contributed by atoms with van der Waals surface area (Å²) in [7, 11) is -3.77. The smallest absolute Gasteiger partial charge is 0.247 e. The van der Waals surface area contributed by atoms with Gasteiger partial charge in [-0.25, -0.2) is 17.2 Å². The molecule has 0 aliphatic heterocycles. The lowest BCUT2D eigenvalue weighted by molar-refractivity contribution is -0.116. The lowest BCUT2D eigenvalue weighted by atomic mass is 10.1. The van der Waals surface area contributed by atoms with Crippen LogP contribution in [0.2, 0.25) is 0 Å². The summed E-state index contributed by atoms with van der Waals surface area (Å²) in [6, 6.07) is 7.10. The van der Waals surface area contributed by atoms with Gasteiger partial charge in [0.05, 0.1) is 11.9 Å². The Kier molecular flexibility index (Phi) is 5.65. The molecule has 1 amide bonds. The number of hydrogen-bond acceptors (Lipinski definition) is 3. The van der Waals surface area contributed by atoms with Crippen molar-refractivity contribution < 1.29 is 22.0 Å². The van der Waals surface area contributed by atoms with Crippen molar-refractivity contribution in [2.45, 2.75) is 26.8 Å². The Labute approximate surface area is 151 Å². The number of carbonyl (C=O) groups excluding carboxylic acids is 1. The van der Waals surface area contributed by atoms with Gasteiger partial charge < -0.3 is 5.32 Å². The molecule has 0 saturated heterocycles. The van der Waals surface area contributed by atoms with Crippen LogP contribution in [-0.2, 0) is 14.8 Å². The second-order valence-electron chi connectivity index (χ2n) is 6.14. The number of amides is 1. The van der Waals surface area contributed by atoms with Gasteiger partial charge in [0.2, 0.25) is 15.9 Å². The standard InChI is InChI=1S/C18H20F2N2O3S/c1-11-5-6-12(2)17(9-11)22(26(4,24)25)13(3)18(23)21-14-7-8-15(19)16(20)10-14/h5-10,13H,1-4H3,(H,21,23)/t13-/m1/s1. The van der Waals surface area contributed by atoms with Crippen LogP contribution in [0.1, 0.15) is 18.1 Å². The van der Waals surface area contributed by atoms with E-state index in [1.54, 1.807) is 19.1 Å². The third-order valence-corrected chi connectivity index (χ3v) is 5.11. The van der Waals surface area contributed by atoms with Crippen molar-refractivity contribution in [2.24, 2.45) is 0 Å². The van der Waals surface area contributed by atoms with Gasteiger partial charge in [-0.15, -0.1) is 0 Å². The summed E-state index contributed by atoms with van der Waals surface area (Å²) in [5.41, 5.74) is 1.96. The van der Waals surface area contributed by atoms with Crippen LogP contribution >= 0.6 is 0 Å². The molecule has 0 aliphatic carbocycles. The zero-order valence-electron chi connectivity index (χ0n) is 14.9. The Morgan fingerprint density at radius 3 is 2.31 bits per heavy atom. The van der Waals surface area contributed by atoms with E-state index < -0.39 is 33.6 Å². The summed E-state index contributed by atoms with van der Waals surface area (Å²) in [6.45, 7) is 4.99. The van der Waals surface area contributed by atoms with E-state index in [-0.39, 0.29) is 5.69 Å². The van der Waals surface area contributed by atoms with Crippen molar-refractivity contribution in [3.05, 3.63) is 59.2 Å². The Hall–Kier alpha value is -2.48. The van der Waals surface area contributed by atoms with Gasteiger partial charge in [-0.1, -0.05) is 12.1 Å². The van der Waals surface area contributed by atoms with Gasteiger partial charge >= 0.3 is 0 Å². The summed E-state index contributed by atoms with van der Waals surface area (Å²) in [6.07, 6.45) is 1.01. The highest BCUT2D eigenvalue weighted by Crippen LogP contribution is 2.26. The van der Waals surface area contributed by atoms with E-state index in [0.717, 1.165) is 28.3 Å². The highest BCUT2D eigenvalue weighted by molar-refractivity contribution is 7.92. The summed E-state index contributed by atoms with van der Waals surface area (Å²) in [4.78, 5) is 12.5. The molecule has 0 radical (unpaired) electrons. The van der Waals surface area contributed by atoms with Crippen LogP contribution < -0.4 is 9.62 Å². The van der Waals surface area contributed by atoms with Crippen LogP contribution in [0.3, 0.4) is 0 Å². The van der Waals surface area contributed by atoms with Crippen molar-refractivity contribution in [2.75, 3.05) is 15.9 Å². The van der Waals surface area contributed by atoms with Crippen LogP contribution in [0.15, 0.2) is 36.4 Å². The molecule has 0 heterocycles. The SMILES string of the molecule is Cc1ccc(C)c(N([C@H](C)C(=O)Nc2ccc(F)c(F)c2)S(C)(=O)=O)c1. The summed E-state index contributed by atoms with van der Waals surface area (Å²) in [5.74, 6) is -2.81. The van der Waals surface area contributed by atoms with Gasteiger partial charge in [-0.2, -0.15) is 0 Å². The van der Waals surface area contributed by atoms with Gasteiger partial charge in [0.25, 0.3) is 0 Å². The normalized spacial score (nSPS) is 12.5. The minimum absolute atomic E-state index is 0.0372. The second-order valence-corrected chi connectivity index (χ2v) is 8.00. The molecule has 5 nitrogen and oxygen atoms in total. The molecule has 0 spiro atoms. The fraction of sp³-hybridized carbons (Fsp3) is 0.278. The highest BCUT2D eigenvalue weighted by Gasteiger charge is 2.30. The topological polar surface area (TPSA) is 66.5 Å². The van der Waals surface area contributed by atoms with Gasteiger partial charge in [0.15, 0.2) is 11.6 Å². The number of hydrogen-bond donors (Lipinski definition) is 1. The largest absolute Gasteiger partial charge is 0.324 e. The minimum Gasteiger partial charge on any atom is -0.324 e. The Morgan fingerprint density at radius 2 is 1.73 bits per heavy atom. The second kappa shape index (κ2) is 7.41. The average molecular weight is 382 g/mol. The van der Waals surface area contributed by atoms with E-state index >= 15 is 0 Å². The lowest BCUT2D eigenvalue weighted by Gasteiger charge is -2.29. The number of carbonyl (C=O) groups is 1. The molecular formula is C18H20F2N2O3S. The minimum atomic E-state index is -3.77. The van der Waals surface area contributed by atoms with Crippen LogP contribution in [0.25, 0.3) is 0 Å². The van der Waals surface area contributed by atoms with E-state index in [0.29, 0.717) is 11.3 Å². The molecule has 1 N–H and O–H groups in total. The molecule has 0 aliphatic rings. The zero-order chi connectivity index (χ0) is 19.6. The number of aryl methyl sites for hydroxylation is 2. The number of sulfonamides is 1. The van der Waals surface area contributed by atoms with Crippen molar-refractivity contribution in [3.63, 3.8) is 0 Å². The molecule has 2 aromatic rings. The van der Waals surface area contributed by atoms with Crippen molar-refractivity contribution in [1.82, 2.24) is 0 Å². The molecule has 0 bridgehead atoms. The van der Waals surface area contributed by atoms with E-state index in [2.05, 4.69) is 5.32 Å². The first-order valence-corrected chi connectivity index (χ1v) is 9.68. The first-order valence-electron chi connectivity index (χ1n) is 7.83. The van der Waals surface area contributed by atoms with Gasteiger partial charge in [-0.05, 0) is 50.1 Å². The maximum Gasteiger partial charge on any atom is 0.247 e. The van der Waals surface area contributed by atoms with Crippen LogP contribution in [-0.4, -0.2) is 26.6 Å². The Balaban J connectivity index is 2.37. The van der Waals surface area contributed by atoms with E-state index in [1.165, 1.54) is 13.0 Å². The monoisotopic (exact) mass is 382 g/mol. The Bertz CT molecular complexity index is 945.